The van der Waals surface area contributed by atoms with Gasteiger partial charge in [-0.05, 0) is 6.42 Å². The van der Waals surface area contributed by atoms with Crippen molar-refractivity contribution < 1.29 is 4.79 Å². The summed E-state index contributed by atoms with van der Waals surface area (Å²) in [5.41, 5.74) is 0. The fraction of sp³-hybridized carbons (Fsp3) is 0.800. The highest BCUT2D eigenvalue weighted by Gasteiger charge is 2.27. The number of halogens is 1. The van der Waals surface area contributed by atoms with Gasteiger partial charge in [0.05, 0.1) is 0 Å². The second kappa shape index (κ2) is 3.09. The summed E-state index contributed by atoms with van der Waals surface area (Å²) in [6.07, 6.45) is 1.02. The van der Waals surface area contributed by atoms with E-state index in [0.29, 0.717) is 0 Å². The minimum absolute atomic E-state index is 0.257. The maximum absolute atomic E-state index is 11.0. The van der Waals surface area contributed by atoms with E-state index < -0.39 is 0 Å². The van der Waals surface area contributed by atoms with E-state index in [4.69, 9.17) is 0 Å². The summed E-state index contributed by atoms with van der Waals surface area (Å²) < 4.78 is 1.81. The van der Waals surface area contributed by atoms with Crippen LogP contribution < -0.4 is 0 Å². The van der Waals surface area contributed by atoms with Crippen LogP contribution in [0.15, 0.2) is 0 Å². The van der Waals surface area contributed by atoms with Crippen molar-refractivity contribution in [1.82, 2.24) is 4.31 Å². The normalized spacial score (nSPS) is 27.6. The zero-order chi connectivity index (χ0) is 6.85. The Balaban J connectivity index is 2.51. The summed E-state index contributed by atoms with van der Waals surface area (Å²) in [5.74, 6) is 0.543. The highest BCUT2D eigenvalue weighted by molar-refractivity contribution is 14.2. The largest absolute Gasteiger partial charge is 0.277 e. The molecule has 1 heterocycles. The van der Waals surface area contributed by atoms with Gasteiger partial charge >= 0.3 is 0 Å². The number of carbonyl (C=O) groups excluding carboxylic acids is 1. The zero-order valence-corrected chi connectivity index (χ0v) is 8.11. The summed E-state index contributed by atoms with van der Waals surface area (Å²) in [7, 11) is 1.50. The van der Waals surface area contributed by atoms with Crippen molar-refractivity contribution in [3.05, 3.63) is 0 Å². The SMILES string of the molecule is CC1CCN(SI)C1=O. The van der Waals surface area contributed by atoms with Gasteiger partial charge in [-0.1, -0.05) is 6.92 Å². The van der Waals surface area contributed by atoms with Crippen LogP contribution in [0.5, 0.6) is 0 Å². The Morgan fingerprint density at radius 2 is 2.56 bits per heavy atom. The van der Waals surface area contributed by atoms with Gasteiger partial charge in [0.2, 0.25) is 5.91 Å². The lowest BCUT2D eigenvalue weighted by Gasteiger charge is -2.07. The minimum atomic E-state index is 0.257. The van der Waals surface area contributed by atoms with Gasteiger partial charge in [0.25, 0.3) is 0 Å². The molecular weight excluding hydrogens is 249 g/mol. The Bertz CT molecular complexity index is 130. The first-order chi connectivity index (χ1) is 4.25. The van der Waals surface area contributed by atoms with Gasteiger partial charge in [-0.2, -0.15) is 0 Å². The molecule has 1 saturated heterocycles. The molecule has 0 aromatic heterocycles. The quantitative estimate of drug-likeness (QED) is 0.527. The van der Waals surface area contributed by atoms with Crippen LogP contribution in [0.2, 0.25) is 0 Å². The molecule has 0 saturated carbocycles. The van der Waals surface area contributed by atoms with Crippen LogP contribution in [0.25, 0.3) is 0 Å². The predicted octanol–water partition coefficient (Wildman–Crippen LogP) is 1.85. The van der Waals surface area contributed by atoms with Crippen molar-refractivity contribution in [1.29, 1.82) is 0 Å². The van der Waals surface area contributed by atoms with E-state index in [1.807, 2.05) is 11.2 Å². The molecule has 0 spiro atoms. The van der Waals surface area contributed by atoms with Crippen molar-refractivity contribution in [2.75, 3.05) is 6.54 Å². The molecular formula is C5H8INOS. The highest BCUT2D eigenvalue weighted by atomic mass is 127. The monoisotopic (exact) mass is 257 g/mol. The van der Waals surface area contributed by atoms with E-state index in [1.54, 1.807) is 0 Å². The molecule has 1 rings (SSSR count). The molecule has 1 fully saturated rings. The number of hydrogen-bond acceptors (Lipinski definition) is 2. The van der Waals surface area contributed by atoms with Crippen LogP contribution in [0.4, 0.5) is 0 Å². The first-order valence-corrected chi connectivity index (χ1v) is 6.17. The lowest BCUT2D eigenvalue weighted by molar-refractivity contribution is -0.126. The maximum atomic E-state index is 11.0. The van der Waals surface area contributed by atoms with Gasteiger partial charge in [-0.3, -0.25) is 9.10 Å². The first kappa shape index (κ1) is 7.65. The van der Waals surface area contributed by atoms with E-state index in [9.17, 15) is 4.79 Å². The summed E-state index contributed by atoms with van der Waals surface area (Å²) in [5, 5.41) is 0. The smallest absolute Gasteiger partial charge is 0.235 e. The summed E-state index contributed by atoms with van der Waals surface area (Å²) in [6, 6.07) is 0. The predicted molar refractivity (Wildman–Crippen MR) is 47.1 cm³/mol. The molecule has 4 heteroatoms. The molecule has 1 unspecified atom stereocenters. The van der Waals surface area contributed by atoms with E-state index >= 15 is 0 Å². The summed E-state index contributed by atoms with van der Waals surface area (Å²) in [4.78, 5) is 11.0. The molecule has 0 aliphatic carbocycles. The van der Waals surface area contributed by atoms with Crippen LogP contribution in [0.1, 0.15) is 13.3 Å². The van der Waals surface area contributed by atoms with Crippen molar-refractivity contribution in [3.63, 3.8) is 0 Å². The molecule has 2 nitrogen and oxygen atoms in total. The molecule has 1 aliphatic heterocycles. The van der Waals surface area contributed by atoms with Crippen molar-refractivity contribution in [3.8, 4) is 0 Å². The molecule has 0 aromatic carbocycles. The van der Waals surface area contributed by atoms with Crippen molar-refractivity contribution in [2.24, 2.45) is 5.92 Å². The Labute approximate surface area is 71.1 Å². The third-order valence-electron chi connectivity index (χ3n) is 1.52. The number of amides is 1. The standard InChI is InChI=1S/C5H8INOS/c1-4-2-3-7(9-6)5(4)8/h4H,2-3H2,1H3. The zero-order valence-electron chi connectivity index (χ0n) is 5.13. The van der Waals surface area contributed by atoms with Crippen molar-refractivity contribution in [2.45, 2.75) is 13.3 Å². The van der Waals surface area contributed by atoms with Gasteiger partial charge in [0, 0.05) is 42.8 Å². The summed E-state index contributed by atoms with van der Waals surface area (Å²) >= 11 is 2.14. The summed E-state index contributed by atoms with van der Waals surface area (Å²) in [6.45, 7) is 2.91. The highest BCUT2D eigenvalue weighted by Crippen LogP contribution is 2.28. The molecule has 1 amide bonds. The lowest BCUT2D eigenvalue weighted by Crippen LogP contribution is -2.17. The topological polar surface area (TPSA) is 20.3 Å². The molecule has 0 bridgehead atoms. The number of carbonyl (C=O) groups is 1. The van der Waals surface area contributed by atoms with Crippen LogP contribution in [0.3, 0.4) is 0 Å². The maximum Gasteiger partial charge on any atom is 0.235 e. The van der Waals surface area contributed by atoms with Crippen molar-refractivity contribution >= 4 is 36.2 Å². The molecule has 52 valence electrons. The van der Waals surface area contributed by atoms with E-state index in [2.05, 4.69) is 21.2 Å². The third-order valence-corrected chi connectivity index (χ3v) is 3.47. The fourth-order valence-electron chi connectivity index (χ4n) is 0.859. The second-order valence-electron chi connectivity index (χ2n) is 2.20. The van der Waals surface area contributed by atoms with Gasteiger partial charge in [-0.25, -0.2) is 0 Å². The molecule has 1 aliphatic rings. The number of rotatable bonds is 1. The van der Waals surface area contributed by atoms with Gasteiger partial charge in [-0.15, -0.1) is 0 Å². The number of nitrogens with zero attached hydrogens (tertiary/aromatic N) is 1. The third kappa shape index (κ3) is 1.52. The molecule has 1 atom stereocenters. The van der Waals surface area contributed by atoms with Crippen LogP contribution >= 0.6 is 30.3 Å². The van der Waals surface area contributed by atoms with Crippen LogP contribution in [-0.2, 0) is 4.79 Å². The van der Waals surface area contributed by atoms with Crippen LogP contribution in [-0.4, -0.2) is 16.8 Å². The Morgan fingerprint density at radius 3 is 2.78 bits per heavy atom. The molecule has 9 heavy (non-hydrogen) atoms. The van der Waals surface area contributed by atoms with E-state index in [-0.39, 0.29) is 11.8 Å². The first-order valence-electron chi connectivity index (χ1n) is 2.86. The average molecular weight is 257 g/mol. The van der Waals surface area contributed by atoms with Gasteiger partial charge in [0.15, 0.2) is 0 Å². The average Bonchev–Trinajstić information content (AvgIpc) is 2.15. The lowest BCUT2D eigenvalue weighted by atomic mass is 10.1. The molecule has 0 N–H and O–H groups in total. The number of hydrogen-bond donors (Lipinski definition) is 0. The molecule has 0 aromatic rings. The Kier molecular flexibility index (Phi) is 2.63. The Morgan fingerprint density at radius 1 is 1.89 bits per heavy atom. The van der Waals surface area contributed by atoms with E-state index in [1.165, 1.54) is 9.12 Å². The second-order valence-corrected chi connectivity index (χ2v) is 3.96. The molecule has 0 radical (unpaired) electrons. The van der Waals surface area contributed by atoms with Crippen LogP contribution in [0, 0.1) is 5.92 Å². The Hall–Kier alpha value is 0.550. The van der Waals surface area contributed by atoms with Gasteiger partial charge < -0.3 is 0 Å². The fourth-order valence-corrected chi connectivity index (χ4v) is 2.45. The minimum Gasteiger partial charge on any atom is -0.277 e. The van der Waals surface area contributed by atoms with E-state index in [0.717, 1.165) is 13.0 Å². The van der Waals surface area contributed by atoms with Gasteiger partial charge in [0.1, 0.15) is 0 Å².